The molecule has 4 nitrogen and oxygen atoms in total. The Kier molecular flexibility index (Phi) is 6.86. The molecule has 0 bridgehead atoms. The first-order chi connectivity index (χ1) is 14.1. The number of piperazine rings is 1. The number of halogens is 1. The minimum atomic E-state index is -0.614. The average molecular weight is 414 g/mol. The molecule has 1 saturated heterocycles. The number of pyridine rings is 1. The molecule has 0 radical (unpaired) electrons. The largest absolute Gasteiger partial charge is 0.389 e. The Morgan fingerprint density at radius 3 is 2.34 bits per heavy atom. The number of rotatable bonds is 6. The normalized spacial score (nSPS) is 21.7. The summed E-state index contributed by atoms with van der Waals surface area (Å²) in [4.78, 5) is 9.15. The van der Waals surface area contributed by atoms with E-state index in [2.05, 4.69) is 39.0 Å². The molecule has 1 unspecified atom stereocenters. The van der Waals surface area contributed by atoms with Crippen LogP contribution in [0.3, 0.4) is 0 Å². The van der Waals surface area contributed by atoms with E-state index in [1.807, 2.05) is 24.5 Å². The third kappa shape index (κ3) is 5.37. The number of aromatic nitrogens is 1. The van der Waals surface area contributed by atoms with Gasteiger partial charge < -0.3 is 10.0 Å². The molecule has 1 aliphatic heterocycles. The Bertz CT molecular complexity index is 771. The van der Waals surface area contributed by atoms with Crippen molar-refractivity contribution in [3.05, 3.63) is 64.9 Å². The zero-order chi connectivity index (χ0) is 20.1. The van der Waals surface area contributed by atoms with Gasteiger partial charge in [-0.2, -0.15) is 0 Å². The predicted octanol–water partition coefficient (Wildman–Crippen LogP) is 4.33. The lowest BCUT2D eigenvalue weighted by molar-refractivity contribution is -0.0344. The number of benzene rings is 1. The van der Waals surface area contributed by atoms with Gasteiger partial charge in [-0.25, -0.2) is 0 Å². The van der Waals surface area contributed by atoms with E-state index in [0.717, 1.165) is 70.0 Å². The first-order valence-corrected chi connectivity index (χ1v) is 11.3. The van der Waals surface area contributed by atoms with Crippen molar-refractivity contribution >= 4 is 11.6 Å². The summed E-state index contributed by atoms with van der Waals surface area (Å²) >= 11 is 6.31. The highest BCUT2D eigenvalue weighted by atomic mass is 35.5. The fraction of sp³-hybridized carbons (Fsp3) is 0.542. The number of hydrogen-bond acceptors (Lipinski definition) is 4. The zero-order valence-corrected chi connectivity index (χ0v) is 17.9. The fourth-order valence-electron chi connectivity index (χ4n) is 4.96. The number of aliphatic hydroxyl groups is 1. The molecule has 1 atom stereocenters. The van der Waals surface area contributed by atoms with Gasteiger partial charge in [-0.05, 0) is 48.2 Å². The number of hydrogen-bond donors (Lipinski definition) is 1. The molecule has 1 aromatic carbocycles. The van der Waals surface area contributed by atoms with Gasteiger partial charge in [0, 0.05) is 62.6 Å². The lowest BCUT2D eigenvalue weighted by Gasteiger charge is -2.43. The van der Waals surface area contributed by atoms with Crippen molar-refractivity contribution in [2.75, 3.05) is 32.7 Å². The van der Waals surface area contributed by atoms with Crippen LogP contribution in [-0.4, -0.2) is 58.2 Å². The van der Waals surface area contributed by atoms with Crippen LogP contribution in [-0.2, 0) is 6.54 Å². The highest BCUT2D eigenvalue weighted by molar-refractivity contribution is 6.30. The van der Waals surface area contributed by atoms with E-state index in [0.29, 0.717) is 0 Å². The fourth-order valence-corrected chi connectivity index (χ4v) is 5.15. The standard InChI is InChI=1S/C24H32ClN3O/c25-22-6-4-5-21(17-22)23(24(29)9-2-1-3-10-24)19-28-15-13-27(14-16-28)18-20-7-11-26-12-8-20/h4-8,11-12,17,23,29H,1-3,9-10,13-16,18-19H2. The van der Waals surface area contributed by atoms with Crippen molar-refractivity contribution in [2.24, 2.45) is 0 Å². The Morgan fingerprint density at radius 2 is 1.66 bits per heavy atom. The van der Waals surface area contributed by atoms with Gasteiger partial charge in [0.15, 0.2) is 0 Å². The zero-order valence-electron chi connectivity index (χ0n) is 17.1. The summed E-state index contributed by atoms with van der Waals surface area (Å²) in [6.07, 6.45) is 9.00. The molecular weight excluding hydrogens is 382 g/mol. The van der Waals surface area contributed by atoms with Crippen molar-refractivity contribution in [1.82, 2.24) is 14.8 Å². The van der Waals surface area contributed by atoms with Crippen molar-refractivity contribution in [1.29, 1.82) is 0 Å². The molecule has 4 rings (SSSR count). The maximum Gasteiger partial charge on any atom is 0.0728 e. The molecule has 2 aliphatic rings. The van der Waals surface area contributed by atoms with E-state index in [1.54, 1.807) is 0 Å². The van der Waals surface area contributed by atoms with Crippen LogP contribution in [0.5, 0.6) is 0 Å². The van der Waals surface area contributed by atoms with Gasteiger partial charge in [0.05, 0.1) is 5.60 Å². The van der Waals surface area contributed by atoms with Crippen molar-refractivity contribution < 1.29 is 5.11 Å². The molecular formula is C24H32ClN3O. The van der Waals surface area contributed by atoms with Crippen LogP contribution in [0.15, 0.2) is 48.8 Å². The van der Waals surface area contributed by atoms with Gasteiger partial charge in [0.1, 0.15) is 0 Å². The smallest absolute Gasteiger partial charge is 0.0728 e. The Morgan fingerprint density at radius 1 is 0.966 bits per heavy atom. The van der Waals surface area contributed by atoms with Crippen molar-refractivity contribution in [3.63, 3.8) is 0 Å². The minimum Gasteiger partial charge on any atom is -0.389 e. The van der Waals surface area contributed by atoms with Gasteiger partial charge in [-0.15, -0.1) is 0 Å². The topological polar surface area (TPSA) is 39.6 Å². The summed E-state index contributed by atoms with van der Waals surface area (Å²) in [6.45, 7) is 6.08. The summed E-state index contributed by atoms with van der Waals surface area (Å²) in [7, 11) is 0. The molecule has 0 amide bonds. The van der Waals surface area contributed by atoms with E-state index in [-0.39, 0.29) is 5.92 Å². The summed E-state index contributed by atoms with van der Waals surface area (Å²) in [5, 5.41) is 12.3. The van der Waals surface area contributed by atoms with Crippen LogP contribution in [0.1, 0.15) is 49.1 Å². The van der Waals surface area contributed by atoms with Gasteiger partial charge >= 0.3 is 0 Å². The lowest BCUT2D eigenvalue weighted by Crippen LogP contribution is -2.50. The van der Waals surface area contributed by atoms with E-state index in [4.69, 9.17) is 11.6 Å². The average Bonchev–Trinajstić information content (AvgIpc) is 2.74. The molecule has 1 aliphatic carbocycles. The Labute approximate surface area is 179 Å². The molecule has 2 aromatic rings. The summed E-state index contributed by atoms with van der Waals surface area (Å²) in [5.41, 5.74) is 1.89. The van der Waals surface area contributed by atoms with Gasteiger partial charge in [-0.1, -0.05) is 43.0 Å². The van der Waals surface area contributed by atoms with Gasteiger partial charge in [-0.3, -0.25) is 9.88 Å². The molecule has 0 spiro atoms. The maximum atomic E-state index is 11.6. The van der Waals surface area contributed by atoms with E-state index in [1.165, 1.54) is 17.5 Å². The summed E-state index contributed by atoms with van der Waals surface area (Å²) in [5.74, 6) is 0.119. The molecule has 5 heteroatoms. The van der Waals surface area contributed by atoms with E-state index >= 15 is 0 Å². The SMILES string of the molecule is OC1(C(CN2CCN(Cc3ccncc3)CC2)c2cccc(Cl)c2)CCCCC1. The summed E-state index contributed by atoms with van der Waals surface area (Å²) < 4.78 is 0. The van der Waals surface area contributed by atoms with Gasteiger partial charge in [0.2, 0.25) is 0 Å². The van der Waals surface area contributed by atoms with E-state index in [9.17, 15) is 5.11 Å². The van der Waals surface area contributed by atoms with Crippen molar-refractivity contribution in [2.45, 2.75) is 50.2 Å². The summed E-state index contributed by atoms with van der Waals surface area (Å²) in [6, 6.07) is 12.3. The van der Waals surface area contributed by atoms with Crippen molar-refractivity contribution in [3.8, 4) is 0 Å². The third-order valence-corrected chi connectivity index (χ3v) is 6.92. The van der Waals surface area contributed by atoms with Crippen LogP contribution in [0.2, 0.25) is 5.02 Å². The van der Waals surface area contributed by atoms with Gasteiger partial charge in [0.25, 0.3) is 0 Å². The van der Waals surface area contributed by atoms with Crippen LogP contribution in [0.25, 0.3) is 0 Å². The van der Waals surface area contributed by atoms with Crippen LogP contribution in [0, 0.1) is 0 Å². The quantitative estimate of drug-likeness (QED) is 0.765. The predicted molar refractivity (Wildman–Crippen MR) is 118 cm³/mol. The third-order valence-electron chi connectivity index (χ3n) is 6.68. The molecule has 1 N–H and O–H groups in total. The first kappa shape index (κ1) is 20.8. The molecule has 29 heavy (non-hydrogen) atoms. The van der Waals surface area contributed by atoms with Crippen LogP contribution < -0.4 is 0 Å². The second kappa shape index (κ2) is 9.57. The van der Waals surface area contributed by atoms with Crippen LogP contribution in [0.4, 0.5) is 0 Å². The second-order valence-electron chi connectivity index (χ2n) is 8.70. The number of nitrogens with zero attached hydrogens (tertiary/aromatic N) is 3. The second-order valence-corrected chi connectivity index (χ2v) is 9.14. The highest BCUT2D eigenvalue weighted by Gasteiger charge is 2.40. The lowest BCUT2D eigenvalue weighted by atomic mass is 9.72. The molecule has 2 fully saturated rings. The monoisotopic (exact) mass is 413 g/mol. The molecule has 156 valence electrons. The molecule has 1 saturated carbocycles. The van der Waals surface area contributed by atoms with E-state index < -0.39 is 5.60 Å². The highest BCUT2D eigenvalue weighted by Crippen LogP contribution is 2.41. The maximum absolute atomic E-state index is 11.6. The van der Waals surface area contributed by atoms with Crippen LogP contribution >= 0.6 is 11.6 Å². The Hall–Kier alpha value is -1.46. The molecule has 2 heterocycles. The molecule has 1 aromatic heterocycles. The first-order valence-electron chi connectivity index (χ1n) is 10.9. The Balaban J connectivity index is 1.42. The minimum absolute atomic E-state index is 0.119.